The van der Waals surface area contributed by atoms with E-state index in [1.807, 2.05) is 0 Å². The van der Waals surface area contributed by atoms with Crippen molar-refractivity contribution in [3.05, 3.63) is 34.2 Å². The van der Waals surface area contributed by atoms with Gasteiger partial charge in [-0.1, -0.05) is 0 Å². The minimum atomic E-state index is 0.0654. The van der Waals surface area contributed by atoms with E-state index >= 15 is 0 Å². The molecule has 0 aromatic carbocycles. The predicted octanol–water partition coefficient (Wildman–Crippen LogP) is 0.799. The second kappa shape index (κ2) is 3.00. The third-order valence-corrected chi connectivity index (χ3v) is 2.62. The van der Waals surface area contributed by atoms with E-state index in [1.54, 1.807) is 12.3 Å². The van der Waals surface area contributed by atoms with Crippen molar-refractivity contribution in [2.24, 2.45) is 5.73 Å². The van der Waals surface area contributed by atoms with Crippen LogP contribution in [0.5, 0.6) is 0 Å². The van der Waals surface area contributed by atoms with Crippen molar-refractivity contribution in [3.8, 4) is 0 Å². The second-order valence-electron chi connectivity index (χ2n) is 3.91. The molecule has 70 valence electrons. The van der Waals surface area contributed by atoms with Crippen LogP contribution in [-0.4, -0.2) is 10.5 Å². The minimum Gasteiger partial charge on any atom is -0.365 e. The smallest absolute Gasteiger partial charge is 0.181 e. The van der Waals surface area contributed by atoms with Crippen LogP contribution in [0, 0.1) is 0 Å². The first-order valence-electron chi connectivity index (χ1n) is 4.65. The quantitative estimate of drug-likeness (QED) is 0.719. The molecule has 13 heavy (non-hydrogen) atoms. The maximum absolute atomic E-state index is 11.0. The Hall–Kier alpha value is -1.09. The minimum absolute atomic E-state index is 0.0654. The molecular formula is C10H14N2O. The molecule has 0 radical (unpaired) electrons. The van der Waals surface area contributed by atoms with Gasteiger partial charge in [-0.25, -0.2) is 0 Å². The van der Waals surface area contributed by atoms with Crippen molar-refractivity contribution < 1.29 is 0 Å². The summed E-state index contributed by atoms with van der Waals surface area (Å²) in [4.78, 5) is 14.0. The van der Waals surface area contributed by atoms with Gasteiger partial charge in [0, 0.05) is 29.6 Å². The molecule has 2 rings (SSSR count). The van der Waals surface area contributed by atoms with Crippen LogP contribution in [0.15, 0.2) is 23.1 Å². The third-order valence-electron chi connectivity index (χ3n) is 2.62. The fraction of sp³-hybridized carbons (Fsp3) is 0.500. The lowest BCUT2D eigenvalue weighted by molar-refractivity contribution is 0.603. The molecule has 0 unspecified atom stereocenters. The number of aromatic nitrogens is 1. The number of hydrogen-bond acceptors (Lipinski definition) is 2. The standard InChI is InChI=1S/C10H14N2O/c11-10(4-5-10)3-1-8-7-9(13)2-6-12-8/h2,6-7H,1,3-5,11H2,(H,12,13). The number of nitrogens with one attached hydrogen (secondary N) is 1. The van der Waals surface area contributed by atoms with Crippen LogP contribution < -0.4 is 11.2 Å². The first kappa shape index (κ1) is 8.51. The van der Waals surface area contributed by atoms with Gasteiger partial charge in [-0.05, 0) is 25.7 Å². The van der Waals surface area contributed by atoms with E-state index in [9.17, 15) is 4.79 Å². The molecule has 0 saturated heterocycles. The molecule has 1 saturated carbocycles. The summed E-state index contributed by atoms with van der Waals surface area (Å²) in [6.45, 7) is 0. The maximum atomic E-state index is 11.0. The van der Waals surface area contributed by atoms with Crippen LogP contribution in [0.4, 0.5) is 0 Å². The average molecular weight is 178 g/mol. The van der Waals surface area contributed by atoms with Crippen LogP contribution in [0.25, 0.3) is 0 Å². The summed E-state index contributed by atoms with van der Waals surface area (Å²) in [6.07, 6.45) is 5.81. The highest BCUT2D eigenvalue weighted by molar-refractivity contribution is 5.07. The van der Waals surface area contributed by atoms with Crippen LogP contribution in [0.1, 0.15) is 25.0 Å². The number of nitrogens with two attached hydrogens (primary N) is 1. The Bertz CT molecular complexity index is 352. The number of aromatic amines is 1. The Labute approximate surface area is 77.0 Å². The van der Waals surface area contributed by atoms with Gasteiger partial charge < -0.3 is 10.7 Å². The van der Waals surface area contributed by atoms with Gasteiger partial charge >= 0.3 is 0 Å². The number of H-pyrrole nitrogens is 1. The zero-order valence-electron chi connectivity index (χ0n) is 7.55. The van der Waals surface area contributed by atoms with Crippen molar-refractivity contribution in [3.63, 3.8) is 0 Å². The number of aryl methyl sites for hydroxylation is 1. The molecule has 3 nitrogen and oxygen atoms in total. The van der Waals surface area contributed by atoms with E-state index in [4.69, 9.17) is 5.73 Å². The van der Waals surface area contributed by atoms with Crippen molar-refractivity contribution >= 4 is 0 Å². The number of pyridine rings is 1. The Morgan fingerprint density at radius 3 is 2.92 bits per heavy atom. The first-order chi connectivity index (χ1) is 6.18. The summed E-state index contributed by atoms with van der Waals surface area (Å²) >= 11 is 0. The largest absolute Gasteiger partial charge is 0.365 e. The molecule has 1 fully saturated rings. The van der Waals surface area contributed by atoms with E-state index in [0.717, 1.165) is 31.4 Å². The monoisotopic (exact) mass is 178 g/mol. The Kier molecular flexibility index (Phi) is 1.96. The Balaban J connectivity index is 1.98. The molecule has 0 bridgehead atoms. The van der Waals surface area contributed by atoms with Crippen molar-refractivity contribution in [1.29, 1.82) is 0 Å². The molecule has 1 aromatic rings. The molecule has 1 aliphatic carbocycles. The summed E-state index contributed by atoms with van der Waals surface area (Å²) in [6, 6.07) is 3.17. The lowest BCUT2D eigenvalue weighted by Gasteiger charge is -2.07. The fourth-order valence-electron chi connectivity index (χ4n) is 1.43. The fourth-order valence-corrected chi connectivity index (χ4v) is 1.43. The van der Waals surface area contributed by atoms with Crippen LogP contribution in [0.2, 0.25) is 0 Å². The molecule has 0 spiro atoms. The summed E-state index contributed by atoms with van der Waals surface area (Å²) in [5.41, 5.74) is 7.07. The molecule has 3 N–H and O–H groups in total. The lowest BCUT2D eigenvalue weighted by Crippen LogP contribution is -2.22. The van der Waals surface area contributed by atoms with E-state index in [-0.39, 0.29) is 11.0 Å². The molecule has 0 atom stereocenters. The van der Waals surface area contributed by atoms with E-state index in [0.29, 0.717) is 0 Å². The Morgan fingerprint density at radius 2 is 2.31 bits per heavy atom. The lowest BCUT2D eigenvalue weighted by atomic mass is 10.1. The predicted molar refractivity (Wildman–Crippen MR) is 51.5 cm³/mol. The van der Waals surface area contributed by atoms with Gasteiger partial charge in [0.25, 0.3) is 0 Å². The average Bonchev–Trinajstić information content (AvgIpc) is 2.82. The Morgan fingerprint density at radius 1 is 1.54 bits per heavy atom. The highest BCUT2D eigenvalue weighted by Gasteiger charge is 2.37. The SMILES string of the molecule is NC1(CCc2cc(=O)cc[nH]2)CC1. The molecule has 0 amide bonds. The normalized spacial score (nSPS) is 18.5. The van der Waals surface area contributed by atoms with E-state index in [1.165, 1.54) is 6.07 Å². The first-order valence-corrected chi connectivity index (χ1v) is 4.65. The van der Waals surface area contributed by atoms with Crippen LogP contribution in [-0.2, 0) is 6.42 Å². The van der Waals surface area contributed by atoms with Crippen molar-refractivity contribution in [2.45, 2.75) is 31.2 Å². The van der Waals surface area contributed by atoms with Gasteiger partial charge in [0.1, 0.15) is 0 Å². The van der Waals surface area contributed by atoms with Gasteiger partial charge in [0.2, 0.25) is 0 Å². The van der Waals surface area contributed by atoms with Gasteiger partial charge in [-0.15, -0.1) is 0 Å². The maximum Gasteiger partial charge on any atom is 0.181 e. The van der Waals surface area contributed by atoms with Crippen molar-refractivity contribution in [2.75, 3.05) is 0 Å². The van der Waals surface area contributed by atoms with Crippen LogP contribution in [0.3, 0.4) is 0 Å². The summed E-state index contributed by atoms with van der Waals surface area (Å²) in [5, 5.41) is 0. The highest BCUT2D eigenvalue weighted by Crippen LogP contribution is 2.36. The van der Waals surface area contributed by atoms with E-state index < -0.39 is 0 Å². The zero-order chi connectivity index (χ0) is 9.31. The van der Waals surface area contributed by atoms with Gasteiger partial charge in [0.05, 0.1) is 0 Å². The van der Waals surface area contributed by atoms with Crippen molar-refractivity contribution in [1.82, 2.24) is 4.98 Å². The third kappa shape index (κ3) is 2.18. The number of hydrogen-bond donors (Lipinski definition) is 2. The molecule has 1 aromatic heterocycles. The molecule has 1 aliphatic rings. The van der Waals surface area contributed by atoms with Crippen LogP contribution >= 0.6 is 0 Å². The van der Waals surface area contributed by atoms with Gasteiger partial charge in [0.15, 0.2) is 5.43 Å². The number of rotatable bonds is 3. The highest BCUT2D eigenvalue weighted by atomic mass is 16.1. The topological polar surface area (TPSA) is 58.9 Å². The van der Waals surface area contributed by atoms with Gasteiger partial charge in [-0.3, -0.25) is 4.79 Å². The van der Waals surface area contributed by atoms with E-state index in [2.05, 4.69) is 4.98 Å². The molecule has 1 heterocycles. The molecule has 3 heteroatoms. The van der Waals surface area contributed by atoms with Gasteiger partial charge in [-0.2, -0.15) is 0 Å². The summed E-state index contributed by atoms with van der Waals surface area (Å²) in [5.74, 6) is 0. The second-order valence-corrected chi connectivity index (χ2v) is 3.91. The zero-order valence-corrected chi connectivity index (χ0v) is 7.55. The summed E-state index contributed by atoms with van der Waals surface area (Å²) in [7, 11) is 0. The molecule has 0 aliphatic heterocycles. The summed E-state index contributed by atoms with van der Waals surface area (Å²) < 4.78 is 0. The molecular weight excluding hydrogens is 164 g/mol.